The van der Waals surface area contributed by atoms with Gasteiger partial charge in [0.25, 0.3) is 11.8 Å². The molecule has 0 radical (unpaired) electrons. The normalized spacial score (nSPS) is 19.3. The molecule has 2 aliphatic carbocycles. The first kappa shape index (κ1) is 18.2. The van der Waals surface area contributed by atoms with Gasteiger partial charge in [-0.1, -0.05) is 30.2 Å². The van der Waals surface area contributed by atoms with E-state index < -0.39 is 6.04 Å². The van der Waals surface area contributed by atoms with Crippen molar-refractivity contribution in [1.29, 1.82) is 0 Å². The van der Waals surface area contributed by atoms with Crippen LogP contribution in [-0.2, 0) is 4.79 Å². The van der Waals surface area contributed by atoms with Crippen molar-refractivity contribution in [3.63, 3.8) is 0 Å². The Labute approximate surface area is 162 Å². The molecule has 2 aliphatic rings. The van der Waals surface area contributed by atoms with Crippen molar-refractivity contribution in [3.8, 4) is 0 Å². The molecule has 0 aliphatic heterocycles. The average molecular weight is 388 g/mol. The Morgan fingerprint density at radius 3 is 2.56 bits per heavy atom. The van der Waals surface area contributed by atoms with E-state index in [2.05, 4.69) is 14.9 Å². The number of aromatic nitrogens is 2. The van der Waals surface area contributed by atoms with Gasteiger partial charge in [0, 0.05) is 17.5 Å². The van der Waals surface area contributed by atoms with Gasteiger partial charge in [-0.25, -0.2) is 0 Å². The van der Waals surface area contributed by atoms with E-state index in [1.165, 1.54) is 0 Å². The van der Waals surface area contributed by atoms with E-state index in [1.807, 2.05) is 0 Å². The predicted molar refractivity (Wildman–Crippen MR) is 100 cm³/mol. The van der Waals surface area contributed by atoms with Crippen LogP contribution in [0.3, 0.4) is 0 Å². The second-order valence-electron chi connectivity index (χ2n) is 7.35. The minimum absolute atomic E-state index is 0.00336. The Hall–Kier alpha value is -2.22. The molecule has 4 rings (SSSR count). The Morgan fingerprint density at radius 2 is 1.93 bits per heavy atom. The Kier molecular flexibility index (Phi) is 5.52. The van der Waals surface area contributed by atoms with E-state index >= 15 is 0 Å². The lowest BCUT2D eigenvalue weighted by Crippen LogP contribution is -2.49. The second kappa shape index (κ2) is 8.21. The number of hydrogen-bond acceptors (Lipinski definition) is 6. The van der Waals surface area contributed by atoms with Gasteiger partial charge in [-0.3, -0.25) is 9.59 Å². The van der Waals surface area contributed by atoms with E-state index in [0.29, 0.717) is 5.76 Å². The van der Waals surface area contributed by atoms with E-state index in [-0.39, 0.29) is 29.6 Å². The lowest BCUT2D eigenvalue weighted by molar-refractivity contribution is -0.128. The van der Waals surface area contributed by atoms with Crippen LogP contribution in [0.1, 0.15) is 73.7 Å². The third-order valence-electron chi connectivity index (χ3n) is 5.57. The molecule has 1 atom stereocenters. The molecule has 0 saturated heterocycles. The van der Waals surface area contributed by atoms with Crippen LogP contribution in [0.4, 0.5) is 0 Å². The molecule has 2 amide bonds. The topological polar surface area (TPSA) is 88.3 Å². The lowest BCUT2D eigenvalue weighted by atomic mass is 10.1. The van der Waals surface area contributed by atoms with Crippen LogP contribution in [0, 0.1) is 0 Å². The molecule has 8 heteroatoms. The molecule has 2 fully saturated rings. The van der Waals surface area contributed by atoms with Crippen molar-refractivity contribution in [3.05, 3.63) is 35.2 Å². The molecule has 0 spiro atoms. The summed E-state index contributed by atoms with van der Waals surface area (Å²) in [5, 5.41) is 8.73. The first-order valence-electron chi connectivity index (χ1n) is 9.67. The number of carbonyl (C=O) groups excluding carboxylic acids is 2. The van der Waals surface area contributed by atoms with Gasteiger partial charge in [0.1, 0.15) is 5.76 Å². The molecule has 0 unspecified atom stereocenters. The van der Waals surface area contributed by atoms with E-state index in [9.17, 15) is 9.59 Å². The standard InChI is InChI=1S/C19H24N4O3S/c24-18(20-13-6-1-2-7-13)17(16-10-5-11-26-16)23(14-8-3-4-9-14)19(25)15-12-27-22-21-15/h5,10-14,17H,1-4,6-9H2,(H,20,24)/t17-/m1/s1. The number of carbonyl (C=O) groups is 2. The maximum absolute atomic E-state index is 13.3. The summed E-state index contributed by atoms with van der Waals surface area (Å²) in [4.78, 5) is 28.2. The van der Waals surface area contributed by atoms with Crippen LogP contribution >= 0.6 is 11.5 Å². The van der Waals surface area contributed by atoms with Crippen molar-refractivity contribution < 1.29 is 14.0 Å². The SMILES string of the molecule is O=C(NC1CCCC1)[C@@H](c1ccco1)N(C(=O)c1csnn1)C1CCCC1. The minimum Gasteiger partial charge on any atom is -0.467 e. The van der Waals surface area contributed by atoms with Crippen LogP contribution in [0.2, 0.25) is 0 Å². The predicted octanol–water partition coefficient (Wildman–Crippen LogP) is 3.32. The highest BCUT2D eigenvalue weighted by Gasteiger charge is 2.40. The van der Waals surface area contributed by atoms with E-state index in [1.54, 1.807) is 28.7 Å². The highest BCUT2D eigenvalue weighted by Crippen LogP contribution is 2.33. The van der Waals surface area contributed by atoms with Crippen molar-refractivity contribution >= 4 is 23.3 Å². The zero-order valence-corrected chi connectivity index (χ0v) is 16.0. The Balaban J connectivity index is 1.67. The molecule has 2 aromatic rings. The summed E-state index contributed by atoms with van der Waals surface area (Å²) in [7, 11) is 0. The second-order valence-corrected chi connectivity index (χ2v) is 7.96. The third kappa shape index (κ3) is 3.90. The smallest absolute Gasteiger partial charge is 0.276 e. The fourth-order valence-corrected chi connectivity index (χ4v) is 4.69. The molecule has 2 heterocycles. The van der Waals surface area contributed by atoms with Crippen LogP contribution in [0.15, 0.2) is 28.2 Å². The lowest BCUT2D eigenvalue weighted by Gasteiger charge is -2.34. The molecular formula is C19H24N4O3S. The van der Waals surface area contributed by atoms with Gasteiger partial charge in [-0.15, -0.1) is 5.10 Å². The van der Waals surface area contributed by atoms with E-state index in [4.69, 9.17) is 4.42 Å². The van der Waals surface area contributed by atoms with Crippen molar-refractivity contribution in [1.82, 2.24) is 19.8 Å². The highest BCUT2D eigenvalue weighted by atomic mass is 32.1. The average Bonchev–Trinajstić information content (AvgIpc) is 3.47. The zero-order chi connectivity index (χ0) is 18.6. The maximum Gasteiger partial charge on any atom is 0.276 e. The quantitative estimate of drug-likeness (QED) is 0.820. The van der Waals surface area contributed by atoms with Crippen LogP contribution in [0.5, 0.6) is 0 Å². The molecule has 144 valence electrons. The number of nitrogens with zero attached hydrogens (tertiary/aromatic N) is 3. The number of amides is 2. The summed E-state index contributed by atoms with van der Waals surface area (Å²) in [6, 6.07) is 2.93. The molecular weight excluding hydrogens is 364 g/mol. The van der Waals surface area contributed by atoms with Crippen molar-refractivity contribution in [2.75, 3.05) is 0 Å². The van der Waals surface area contributed by atoms with E-state index in [0.717, 1.165) is 62.9 Å². The Morgan fingerprint density at radius 1 is 1.19 bits per heavy atom. The van der Waals surface area contributed by atoms with Gasteiger partial charge >= 0.3 is 0 Å². The molecule has 27 heavy (non-hydrogen) atoms. The highest BCUT2D eigenvalue weighted by molar-refractivity contribution is 7.03. The van der Waals surface area contributed by atoms with Gasteiger partial charge in [-0.2, -0.15) is 0 Å². The zero-order valence-electron chi connectivity index (χ0n) is 15.2. The first-order valence-corrected chi connectivity index (χ1v) is 10.5. The van der Waals surface area contributed by atoms with Gasteiger partial charge in [0.15, 0.2) is 11.7 Å². The number of hydrogen-bond donors (Lipinski definition) is 1. The summed E-state index contributed by atoms with van der Waals surface area (Å²) in [5.74, 6) is 0.0767. The molecule has 7 nitrogen and oxygen atoms in total. The summed E-state index contributed by atoms with van der Waals surface area (Å²) in [6.07, 6.45) is 9.67. The monoisotopic (exact) mass is 388 g/mol. The molecule has 2 saturated carbocycles. The number of nitrogens with one attached hydrogen (secondary N) is 1. The van der Waals surface area contributed by atoms with Gasteiger partial charge in [0.05, 0.1) is 6.26 Å². The van der Waals surface area contributed by atoms with Crippen LogP contribution < -0.4 is 5.32 Å². The minimum atomic E-state index is -0.780. The van der Waals surface area contributed by atoms with Gasteiger partial charge in [-0.05, 0) is 49.3 Å². The number of furan rings is 1. The summed E-state index contributed by atoms with van der Waals surface area (Å²) in [6.45, 7) is 0. The Bertz CT molecular complexity index is 750. The van der Waals surface area contributed by atoms with Crippen LogP contribution in [-0.4, -0.2) is 38.4 Å². The molecule has 0 bridgehead atoms. The largest absolute Gasteiger partial charge is 0.467 e. The molecule has 0 aromatic carbocycles. The van der Waals surface area contributed by atoms with Gasteiger partial charge < -0.3 is 14.6 Å². The summed E-state index contributed by atoms with van der Waals surface area (Å²) in [5.41, 5.74) is 0.289. The number of rotatable bonds is 6. The fourth-order valence-electron chi connectivity index (χ4n) is 4.26. The summed E-state index contributed by atoms with van der Waals surface area (Å²) < 4.78 is 9.42. The third-order valence-corrected chi connectivity index (χ3v) is 6.08. The van der Waals surface area contributed by atoms with Crippen LogP contribution in [0.25, 0.3) is 0 Å². The van der Waals surface area contributed by atoms with Gasteiger partial charge in [0.2, 0.25) is 0 Å². The van der Waals surface area contributed by atoms with Crippen molar-refractivity contribution in [2.45, 2.75) is 69.5 Å². The molecule has 2 aromatic heterocycles. The maximum atomic E-state index is 13.3. The molecule has 1 N–H and O–H groups in total. The fraction of sp³-hybridized carbons (Fsp3) is 0.579. The summed E-state index contributed by atoms with van der Waals surface area (Å²) >= 11 is 1.14. The first-order chi connectivity index (χ1) is 13.2. The van der Waals surface area contributed by atoms with Crippen molar-refractivity contribution in [2.24, 2.45) is 0 Å².